The smallest absolute Gasteiger partial charge is 0.0674 e. The van der Waals surface area contributed by atoms with Crippen LogP contribution in [0, 0.1) is 11.8 Å². The molecule has 21 heavy (non-hydrogen) atoms. The largest absolute Gasteiger partial charge is 0.395 e. The quantitative estimate of drug-likeness (QED) is 0.856. The zero-order valence-corrected chi connectivity index (χ0v) is 12.8. The Morgan fingerprint density at radius 2 is 2.00 bits per heavy atom. The summed E-state index contributed by atoms with van der Waals surface area (Å²) in [5, 5.41) is 13.5. The van der Waals surface area contributed by atoms with E-state index in [-0.39, 0.29) is 6.61 Å². The van der Waals surface area contributed by atoms with Gasteiger partial charge in [0.2, 0.25) is 0 Å². The average molecular weight is 282 g/mol. The van der Waals surface area contributed by atoms with Gasteiger partial charge in [0.25, 0.3) is 0 Å². The predicted molar refractivity (Wildman–Crippen MR) is 85.1 cm³/mol. The van der Waals surface area contributed by atoms with E-state index in [1.54, 1.807) is 0 Å². The van der Waals surface area contributed by atoms with Crippen LogP contribution in [0.1, 0.15) is 42.8 Å². The van der Waals surface area contributed by atoms with Gasteiger partial charge in [0, 0.05) is 17.7 Å². The van der Waals surface area contributed by atoms with Crippen LogP contribution in [0.15, 0.2) is 30.3 Å². The second kappa shape index (κ2) is 7.66. The lowest BCUT2D eigenvalue weighted by atomic mass is 10.1. The molecular weight excluding hydrogens is 260 g/mol. The standard InChI is InChI=1S/C18H22N2O/c1-3-17-13-18(4-2)20(19-17)14-16-11-6-5-9-15(16)10-7-8-12-21/h5-6,9,11,13,21H,3-4,8,12,14H2,1-2H3. The van der Waals surface area contributed by atoms with E-state index in [4.69, 9.17) is 5.11 Å². The van der Waals surface area contributed by atoms with Crippen molar-refractivity contribution in [2.45, 2.75) is 39.7 Å². The van der Waals surface area contributed by atoms with E-state index in [1.807, 2.05) is 18.2 Å². The lowest BCUT2D eigenvalue weighted by Crippen LogP contribution is -2.07. The van der Waals surface area contributed by atoms with Gasteiger partial charge in [-0.1, -0.05) is 43.9 Å². The molecule has 3 heteroatoms. The first kappa shape index (κ1) is 15.3. The normalized spacial score (nSPS) is 10.2. The van der Waals surface area contributed by atoms with Crippen LogP contribution in [0.4, 0.5) is 0 Å². The highest BCUT2D eigenvalue weighted by atomic mass is 16.2. The number of benzene rings is 1. The van der Waals surface area contributed by atoms with E-state index in [9.17, 15) is 0 Å². The third kappa shape index (κ3) is 3.96. The van der Waals surface area contributed by atoms with E-state index in [0.717, 1.165) is 30.6 Å². The summed E-state index contributed by atoms with van der Waals surface area (Å²) < 4.78 is 2.07. The van der Waals surface area contributed by atoms with Gasteiger partial charge >= 0.3 is 0 Å². The molecule has 0 amide bonds. The molecule has 1 aromatic carbocycles. The molecule has 3 nitrogen and oxygen atoms in total. The van der Waals surface area contributed by atoms with Gasteiger partial charge < -0.3 is 5.11 Å². The second-order valence-electron chi connectivity index (χ2n) is 4.92. The highest BCUT2D eigenvalue weighted by Gasteiger charge is 2.07. The van der Waals surface area contributed by atoms with Crippen LogP contribution in [0.3, 0.4) is 0 Å². The maximum Gasteiger partial charge on any atom is 0.0674 e. The number of aliphatic hydroxyl groups is 1. The lowest BCUT2D eigenvalue weighted by Gasteiger charge is -2.08. The van der Waals surface area contributed by atoms with Crippen molar-refractivity contribution in [2.75, 3.05) is 6.61 Å². The van der Waals surface area contributed by atoms with Crippen molar-refractivity contribution in [3.8, 4) is 11.8 Å². The summed E-state index contributed by atoms with van der Waals surface area (Å²) in [6.45, 7) is 5.13. The van der Waals surface area contributed by atoms with E-state index in [1.165, 1.54) is 11.3 Å². The first-order chi connectivity index (χ1) is 10.3. The van der Waals surface area contributed by atoms with Gasteiger partial charge in [0.15, 0.2) is 0 Å². The van der Waals surface area contributed by atoms with Gasteiger partial charge in [0.05, 0.1) is 18.8 Å². The number of aryl methyl sites for hydroxylation is 2. The summed E-state index contributed by atoms with van der Waals surface area (Å²) >= 11 is 0. The number of rotatable bonds is 5. The Bertz CT molecular complexity index is 647. The van der Waals surface area contributed by atoms with Crippen LogP contribution in [0.2, 0.25) is 0 Å². The number of hydrogen-bond acceptors (Lipinski definition) is 2. The van der Waals surface area contributed by atoms with Crippen molar-refractivity contribution in [1.82, 2.24) is 9.78 Å². The third-order valence-corrected chi connectivity index (χ3v) is 3.44. The third-order valence-electron chi connectivity index (χ3n) is 3.44. The molecule has 0 radical (unpaired) electrons. The minimum atomic E-state index is 0.105. The van der Waals surface area contributed by atoms with Crippen LogP contribution in [-0.2, 0) is 19.4 Å². The summed E-state index contributed by atoms with van der Waals surface area (Å²) in [5.74, 6) is 6.13. The minimum absolute atomic E-state index is 0.105. The topological polar surface area (TPSA) is 38.0 Å². The zero-order chi connectivity index (χ0) is 15.1. The number of aromatic nitrogens is 2. The molecule has 0 aliphatic heterocycles. The summed E-state index contributed by atoms with van der Waals surface area (Å²) in [7, 11) is 0. The molecule has 0 aliphatic carbocycles. The Morgan fingerprint density at radius 1 is 1.19 bits per heavy atom. The van der Waals surface area contributed by atoms with Crippen molar-refractivity contribution >= 4 is 0 Å². The van der Waals surface area contributed by atoms with Crippen LogP contribution in [0.25, 0.3) is 0 Å². The molecule has 0 unspecified atom stereocenters. The van der Waals surface area contributed by atoms with Crippen LogP contribution in [0.5, 0.6) is 0 Å². The monoisotopic (exact) mass is 282 g/mol. The number of hydrogen-bond donors (Lipinski definition) is 1. The molecule has 1 N–H and O–H groups in total. The molecule has 1 aromatic heterocycles. The average Bonchev–Trinajstić information content (AvgIpc) is 2.91. The van der Waals surface area contributed by atoms with Crippen LogP contribution in [-0.4, -0.2) is 21.5 Å². The first-order valence-electron chi connectivity index (χ1n) is 7.51. The molecule has 0 spiro atoms. The molecule has 0 bridgehead atoms. The Kier molecular flexibility index (Phi) is 5.59. The van der Waals surface area contributed by atoms with Crippen LogP contribution < -0.4 is 0 Å². The molecule has 0 atom stereocenters. The summed E-state index contributed by atoms with van der Waals surface area (Å²) in [5.41, 5.74) is 4.57. The summed E-state index contributed by atoms with van der Waals surface area (Å²) in [4.78, 5) is 0. The number of nitrogens with zero attached hydrogens (tertiary/aromatic N) is 2. The van der Waals surface area contributed by atoms with Gasteiger partial charge in [-0.25, -0.2) is 0 Å². The van der Waals surface area contributed by atoms with Crippen molar-refractivity contribution in [1.29, 1.82) is 0 Å². The van der Waals surface area contributed by atoms with Crippen molar-refractivity contribution < 1.29 is 5.11 Å². The second-order valence-corrected chi connectivity index (χ2v) is 4.92. The Labute approximate surface area is 126 Å². The number of aliphatic hydroxyl groups excluding tert-OH is 1. The molecule has 0 saturated carbocycles. The fourth-order valence-corrected chi connectivity index (χ4v) is 2.26. The Balaban J connectivity index is 2.27. The zero-order valence-electron chi connectivity index (χ0n) is 12.8. The minimum Gasteiger partial charge on any atom is -0.395 e. The van der Waals surface area contributed by atoms with Crippen molar-refractivity contribution in [3.63, 3.8) is 0 Å². The SMILES string of the molecule is CCc1cc(CC)n(Cc2ccccc2C#CCCO)n1. The highest BCUT2D eigenvalue weighted by molar-refractivity contribution is 5.41. The summed E-state index contributed by atoms with van der Waals surface area (Å²) in [6, 6.07) is 10.3. The van der Waals surface area contributed by atoms with Crippen molar-refractivity contribution in [2.24, 2.45) is 0 Å². The fourth-order valence-electron chi connectivity index (χ4n) is 2.26. The first-order valence-corrected chi connectivity index (χ1v) is 7.51. The highest BCUT2D eigenvalue weighted by Crippen LogP contribution is 2.13. The summed E-state index contributed by atoms with van der Waals surface area (Å²) in [6.07, 6.45) is 2.44. The van der Waals surface area contributed by atoms with Gasteiger partial charge in [-0.05, 0) is 30.5 Å². The maximum absolute atomic E-state index is 8.83. The van der Waals surface area contributed by atoms with Gasteiger partial charge in [-0.3, -0.25) is 4.68 Å². The van der Waals surface area contributed by atoms with Gasteiger partial charge in [-0.2, -0.15) is 5.10 Å². The molecule has 2 aromatic rings. The molecule has 0 aliphatic rings. The molecule has 0 saturated heterocycles. The van der Waals surface area contributed by atoms with Crippen molar-refractivity contribution in [3.05, 3.63) is 52.8 Å². The van der Waals surface area contributed by atoms with E-state index in [0.29, 0.717) is 6.42 Å². The Hall–Kier alpha value is -2.05. The molecule has 110 valence electrons. The molecule has 2 rings (SSSR count). The van der Waals surface area contributed by atoms with E-state index >= 15 is 0 Å². The molecule has 0 fully saturated rings. The Morgan fingerprint density at radius 3 is 2.71 bits per heavy atom. The lowest BCUT2D eigenvalue weighted by molar-refractivity contribution is 0.305. The van der Waals surface area contributed by atoms with E-state index < -0.39 is 0 Å². The predicted octanol–water partition coefficient (Wildman–Crippen LogP) is 2.79. The van der Waals surface area contributed by atoms with E-state index in [2.05, 4.69) is 47.6 Å². The van der Waals surface area contributed by atoms with Gasteiger partial charge in [0.1, 0.15) is 0 Å². The maximum atomic E-state index is 8.83. The molecular formula is C18H22N2O. The molecule has 1 heterocycles. The van der Waals surface area contributed by atoms with Gasteiger partial charge in [-0.15, -0.1) is 0 Å². The van der Waals surface area contributed by atoms with Crippen LogP contribution >= 0.6 is 0 Å². The fraction of sp³-hybridized carbons (Fsp3) is 0.389.